The largest absolute Gasteiger partial charge is 0.341 e. The van der Waals surface area contributed by atoms with E-state index < -0.39 is 5.82 Å². The summed E-state index contributed by atoms with van der Waals surface area (Å²) in [5.74, 6) is -0.478. The second kappa shape index (κ2) is 7.18. The van der Waals surface area contributed by atoms with Crippen molar-refractivity contribution in [3.8, 4) is 6.07 Å². The van der Waals surface area contributed by atoms with Crippen molar-refractivity contribution in [1.82, 2.24) is 14.9 Å². The third-order valence-corrected chi connectivity index (χ3v) is 6.96. The molecule has 1 N–H and O–H groups in total. The molecular formula is C22H17FN4O2S. The summed E-state index contributed by atoms with van der Waals surface area (Å²) in [6.07, 6.45) is 3.24. The van der Waals surface area contributed by atoms with E-state index in [1.807, 2.05) is 12.1 Å². The topological polar surface area (TPSA) is 89.8 Å². The molecule has 1 atom stereocenters. The van der Waals surface area contributed by atoms with Crippen LogP contribution in [0.4, 0.5) is 4.39 Å². The minimum absolute atomic E-state index is 0.0753. The van der Waals surface area contributed by atoms with E-state index in [1.165, 1.54) is 23.5 Å². The number of amides is 1. The molecule has 150 valence electrons. The van der Waals surface area contributed by atoms with Gasteiger partial charge in [0.25, 0.3) is 5.56 Å². The van der Waals surface area contributed by atoms with Crippen LogP contribution in [0.5, 0.6) is 0 Å². The number of hydrogen-bond donors (Lipinski definition) is 1. The molecule has 1 amide bonds. The summed E-state index contributed by atoms with van der Waals surface area (Å²) in [5.41, 5.74) is 0.495. The quantitative estimate of drug-likeness (QED) is 0.496. The molecule has 8 heteroatoms. The highest BCUT2D eigenvalue weighted by molar-refractivity contribution is 7.19. The molecule has 0 saturated carbocycles. The molecule has 1 saturated heterocycles. The van der Waals surface area contributed by atoms with Crippen molar-refractivity contribution in [1.29, 1.82) is 5.26 Å². The highest BCUT2D eigenvalue weighted by atomic mass is 32.1. The van der Waals surface area contributed by atoms with Crippen LogP contribution in [0.15, 0.2) is 35.3 Å². The van der Waals surface area contributed by atoms with Crippen molar-refractivity contribution in [2.24, 2.45) is 0 Å². The Morgan fingerprint density at radius 2 is 2.20 bits per heavy atom. The maximum atomic E-state index is 14.0. The molecule has 1 fully saturated rings. The average molecular weight is 420 g/mol. The summed E-state index contributed by atoms with van der Waals surface area (Å²) in [6.45, 7) is 1.19. The van der Waals surface area contributed by atoms with Gasteiger partial charge in [-0.2, -0.15) is 5.26 Å². The second-order valence-electron chi connectivity index (χ2n) is 7.53. The molecule has 0 bridgehead atoms. The molecule has 2 aromatic carbocycles. The molecule has 5 rings (SSSR count). The Hall–Kier alpha value is -3.31. The fourth-order valence-corrected chi connectivity index (χ4v) is 5.56. The van der Waals surface area contributed by atoms with Crippen molar-refractivity contribution < 1.29 is 9.18 Å². The Morgan fingerprint density at radius 1 is 1.33 bits per heavy atom. The zero-order chi connectivity index (χ0) is 20.8. The minimum Gasteiger partial charge on any atom is -0.341 e. The minimum atomic E-state index is -0.402. The first-order chi connectivity index (χ1) is 14.6. The fourth-order valence-electron chi connectivity index (χ4n) is 4.33. The summed E-state index contributed by atoms with van der Waals surface area (Å²) in [4.78, 5) is 34.1. The number of nitrogens with zero attached hydrogens (tertiary/aromatic N) is 3. The fraction of sp³-hybridized carbons (Fsp3) is 0.273. The van der Waals surface area contributed by atoms with Gasteiger partial charge in [-0.3, -0.25) is 9.59 Å². The summed E-state index contributed by atoms with van der Waals surface area (Å²) >= 11 is 1.53. The number of piperidine rings is 1. The summed E-state index contributed by atoms with van der Waals surface area (Å²) in [7, 11) is 0. The zero-order valence-corrected chi connectivity index (χ0v) is 16.8. The van der Waals surface area contributed by atoms with Gasteiger partial charge in [-0.25, -0.2) is 9.37 Å². The van der Waals surface area contributed by atoms with Gasteiger partial charge in [-0.05, 0) is 37.1 Å². The lowest BCUT2D eigenvalue weighted by Crippen LogP contribution is -2.38. The number of thiazole rings is 1. The number of nitrogens with one attached hydrogen (secondary N) is 1. The van der Waals surface area contributed by atoms with Crippen molar-refractivity contribution in [2.45, 2.75) is 25.2 Å². The van der Waals surface area contributed by atoms with Crippen LogP contribution in [0.2, 0.25) is 0 Å². The number of carbonyl (C=O) groups excluding carboxylic acids is 1. The number of rotatable bonds is 2. The van der Waals surface area contributed by atoms with E-state index >= 15 is 0 Å². The van der Waals surface area contributed by atoms with E-state index in [-0.39, 0.29) is 23.8 Å². The second-order valence-corrected chi connectivity index (χ2v) is 8.56. The molecule has 0 radical (unpaired) electrons. The van der Waals surface area contributed by atoms with Crippen LogP contribution in [0.3, 0.4) is 0 Å². The molecule has 3 heterocycles. The van der Waals surface area contributed by atoms with Crippen molar-refractivity contribution >= 4 is 49.0 Å². The van der Waals surface area contributed by atoms with Crippen LogP contribution in [0, 0.1) is 17.1 Å². The first kappa shape index (κ1) is 18.7. The van der Waals surface area contributed by atoms with Crippen LogP contribution in [-0.4, -0.2) is 33.9 Å². The van der Waals surface area contributed by atoms with Gasteiger partial charge in [0.2, 0.25) is 5.91 Å². The Bertz CT molecular complexity index is 1420. The number of aromatic nitrogens is 2. The van der Waals surface area contributed by atoms with E-state index in [4.69, 9.17) is 10.2 Å². The molecule has 1 aliphatic rings. The van der Waals surface area contributed by atoms with Gasteiger partial charge in [0.15, 0.2) is 0 Å². The SMILES string of the molecule is N#CCC(=O)N1CCCC(c2nc3c4ccc(F)cc4c4c(=O)[nH]ccc4c3s2)C1. The number of hydrogen-bond acceptors (Lipinski definition) is 5. The highest BCUT2D eigenvalue weighted by Crippen LogP contribution is 2.40. The molecule has 4 aromatic rings. The number of fused-ring (bicyclic) bond motifs is 6. The number of halogens is 1. The van der Waals surface area contributed by atoms with Crippen LogP contribution in [-0.2, 0) is 4.79 Å². The van der Waals surface area contributed by atoms with E-state index in [9.17, 15) is 14.0 Å². The summed E-state index contributed by atoms with van der Waals surface area (Å²) < 4.78 is 14.9. The number of likely N-dealkylation sites (tertiary alicyclic amines) is 1. The highest BCUT2D eigenvalue weighted by Gasteiger charge is 2.27. The maximum Gasteiger partial charge on any atom is 0.256 e. The smallest absolute Gasteiger partial charge is 0.256 e. The molecule has 0 spiro atoms. The van der Waals surface area contributed by atoms with Gasteiger partial charge in [0, 0.05) is 41.4 Å². The Labute approximate surface area is 174 Å². The van der Waals surface area contributed by atoms with Gasteiger partial charge in [-0.15, -0.1) is 11.3 Å². The zero-order valence-electron chi connectivity index (χ0n) is 15.9. The lowest BCUT2D eigenvalue weighted by atomic mass is 9.98. The van der Waals surface area contributed by atoms with Crippen LogP contribution < -0.4 is 5.56 Å². The Morgan fingerprint density at radius 3 is 3.03 bits per heavy atom. The van der Waals surface area contributed by atoms with Crippen LogP contribution >= 0.6 is 11.3 Å². The predicted molar refractivity (Wildman–Crippen MR) is 114 cm³/mol. The normalized spacial score (nSPS) is 16.9. The number of nitriles is 1. The van der Waals surface area contributed by atoms with Crippen molar-refractivity contribution in [2.75, 3.05) is 13.1 Å². The lowest BCUT2D eigenvalue weighted by Gasteiger charge is -2.31. The predicted octanol–water partition coefficient (Wildman–Crippen LogP) is 4.05. The lowest BCUT2D eigenvalue weighted by molar-refractivity contribution is -0.131. The number of H-pyrrole nitrogens is 1. The van der Waals surface area contributed by atoms with Gasteiger partial charge < -0.3 is 9.88 Å². The number of benzene rings is 2. The third-order valence-electron chi connectivity index (χ3n) is 5.71. The van der Waals surface area contributed by atoms with Crippen LogP contribution in [0.1, 0.15) is 30.2 Å². The van der Waals surface area contributed by atoms with Gasteiger partial charge in [-0.1, -0.05) is 0 Å². The van der Waals surface area contributed by atoms with Gasteiger partial charge in [0.1, 0.15) is 12.2 Å². The van der Waals surface area contributed by atoms with E-state index in [0.717, 1.165) is 38.8 Å². The Balaban J connectivity index is 1.70. The standard InChI is InChI=1S/C22H17FN4O2S/c23-13-3-4-14-16(10-13)18-15(6-8-25-21(18)29)20-19(14)26-22(30-20)12-2-1-9-27(11-12)17(28)5-7-24/h3-4,6,8,10,12H,1-2,5,9,11H2,(H,25,29). The molecule has 2 aromatic heterocycles. The van der Waals surface area contributed by atoms with Crippen molar-refractivity contribution in [3.05, 3.63) is 51.6 Å². The first-order valence-electron chi connectivity index (χ1n) is 9.74. The summed E-state index contributed by atoms with van der Waals surface area (Å²) in [5, 5.41) is 12.2. The monoisotopic (exact) mass is 420 g/mol. The van der Waals surface area contributed by atoms with E-state index in [1.54, 1.807) is 17.2 Å². The van der Waals surface area contributed by atoms with E-state index in [2.05, 4.69) is 4.98 Å². The maximum absolute atomic E-state index is 14.0. The molecule has 30 heavy (non-hydrogen) atoms. The molecule has 1 unspecified atom stereocenters. The van der Waals surface area contributed by atoms with Gasteiger partial charge >= 0.3 is 0 Å². The number of aromatic amines is 1. The van der Waals surface area contributed by atoms with E-state index in [0.29, 0.717) is 23.9 Å². The van der Waals surface area contributed by atoms with Crippen molar-refractivity contribution in [3.63, 3.8) is 0 Å². The molecule has 1 aliphatic heterocycles. The summed E-state index contributed by atoms with van der Waals surface area (Å²) in [6, 6.07) is 8.19. The molecule has 0 aliphatic carbocycles. The molecular weight excluding hydrogens is 403 g/mol. The van der Waals surface area contributed by atoms with Crippen LogP contribution in [0.25, 0.3) is 31.8 Å². The third kappa shape index (κ3) is 2.94. The number of pyridine rings is 1. The van der Waals surface area contributed by atoms with Gasteiger partial charge in [0.05, 0.1) is 26.7 Å². The first-order valence-corrected chi connectivity index (χ1v) is 10.6. The number of carbonyl (C=O) groups is 1. The Kier molecular flexibility index (Phi) is 4.48. The average Bonchev–Trinajstić information content (AvgIpc) is 3.20. The molecule has 6 nitrogen and oxygen atoms in total.